The van der Waals surface area contributed by atoms with Crippen LogP contribution in [0.2, 0.25) is 0 Å². The molecule has 0 aliphatic heterocycles. The van der Waals surface area contributed by atoms with E-state index in [1.54, 1.807) is 11.7 Å². The van der Waals surface area contributed by atoms with Crippen molar-refractivity contribution < 1.29 is 0 Å². The molecule has 2 heterocycles. The summed E-state index contributed by atoms with van der Waals surface area (Å²) in [7, 11) is 0. The average molecular weight is 208 g/mol. The first-order chi connectivity index (χ1) is 6.75. The van der Waals surface area contributed by atoms with Crippen molar-refractivity contribution in [1.29, 1.82) is 0 Å². The Hall–Kier alpha value is -1.69. The molecular weight excluding hydrogens is 200 g/mol. The van der Waals surface area contributed by atoms with Gasteiger partial charge in [0.05, 0.1) is 23.9 Å². The first kappa shape index (κ1) is 8.89. The van der Waals surface area contributed by atoms with E-state index in [1.807, 2.05) is 0 Å². The fourth-order valence-electron chi connectivity index (χ4n) is 1.03. The van der Waals surface area contributed by atoms with Crippen molar-refractivity contribution >= 4 is 17.0 Å². The number of thiazole rings is 1. The number of anilines is 1. The van der Waals surface area contributed by atoms with Gasteiger partial charge in [0.25, 0.3) is 5.56 Å². The summed E-state index contributed by atoms with van der Waals surface area (Å²) in [6, 6.07) is 1.36. The topological polar surface area (TPSA) is 73.8 Å². The number of nitrogens with two attached hydrogens (primary N) is 1. The molecule has 2 aromatic rings. The van der Waals surface area contributed by atoms with E-state index in [-0.39, 0.29) is 5.56 Å². The smallest absolute Gasteiger partial charge is 0.269 e. The number of nitrogen functional groups attached to an aromatic ring is 1. The van der Waals surface area contributed by atoms with Gasteiger partial charge in [-0.3, -0.25) is 9.78 Å². The SMILES string of the molecule is Nc1cnn(Cc2cncs2)c(=O)c1. The monoisotopic (exact) mass is 208 g/mol. The molecule has 0 radical (unpaired) electrons. The predicted octanol–water partition coefficient (Wildman–Crippen LogP) is 0.330. The van der Waals surface area contributed by atoms with E-state index in [2.05, 4.69) is 10.1 Å². The summed E-state index contributed by atoms with van der Waals surface area (Å²) in [6.45, 7) is 0.448. The molecule has 0 atom stereocenters. The molecule has 0 aliphatic carbocycles. The highest BCUT2D eigenvalue weighted by molar-refractivity contribution is 7.09. The van der Waals surface area contributed by atoms with E-state index in [4.69, 9.17) is 5.73 Å². The zero-order chi connectivity index (χ0) is 9.97. The minimum Gasteiger partial charge on any atom is -0.397 e. The molecule has 0 fully saturated rings. The second-order valence-corrected chi connectivity index (χ2v) is 3.72. The number of nitrogens with zero attached hydrogens (tertiary/aromatic N) is 3. The number of aromatic nitrogens is 3. The van der Waals surface area contributed by atoms with Crippen LogP contribution >= 0.6 is 11.3 Å². The van der Waals surface area contributed by atoms with Crippen molar-refractivity contribution in [3.05, 3.63) is 39.2 Å². The van der Waals surface area contributed by atoms with Gasteiger partial charge in [0.15, 0.2) is 0 Å². The lowest BCUT2D eigenvalue weighted by molar-refractivity contribution is 0.646. The van der Waals surface area contributed by atoms with E-state index in [0.29, 0.717) is 12.2 Å². The molecule has 72 valence electrons. The van der Waals surface area contributed by atoms with E-state index < -0.39 is 0 Å². The molecule has 0 amide bonds. The Morgan fingerprint density at radius 1 is 1.50 bits per heavy atom. The average Bonchev–Trinajstić information content (AvgIpc) is 2.62. The molecule has 2 aromatic heterocycles. The molecule has 0 saturated carbocycles. The second kappa shape index (κ2) is 3.59. The molecule has 6 heteroatoms. The van der Waals surface area contributed by atoms with Gasteiger partial charge in [-0.25, -0.2) is 4.68 Å². The minimum absolute atomic E-state index is 0.196. The molecule has 0 bridgehead atoms. The van der Waals surface area contributed by atoms with Gasteiger partial charge < -0.3 is 5.73 Å². The summed E-state index contributed by atoms with van der Waals surface area (Å²) in [4.78, 5) is 16.3. The number of hydrogen-bond donors (Lipinski definition) is 1. The van der Waals surface area contributed by atoms with Crippen molar-refractivity contribution in [2.75, 3.05) is 5.73 Å². The van der Waals surface area contributed by atoms with Crippen LogP contribution in [0.5, 0.6) is 0 Å². The standard InChI is InChI=1S/C8H8N4OS/c9-6-1-8(13)12(11-2-6)4-7-3-10-5-14-7/h1-3,5H,4,9H2. The molecule has 0 unspecified atom stereocenters. The van der Waals surface area contributed by atoms with E-state index in [1.165, 1.54) is 28.3 Å². The Morgan fingerprint density at radius 3 is 3.00 bits per heavy atom. The lowest BCUT2D eigenvalue weighted by Crippen LogP contribution is -2.22. The third-order valence-electron chi connectivity index (χ3n) is 1.68. The first-order valence-electron chi connectivity index (χ1n) is 3.96. The van der Waals surface area contributed by atoms with Crippen molar-refractivity contribution in [2.45, 2.75) is 6.54 Å². The lowest BCUT2D eigenvalue weighted by Gasteiger charge is -2.00. The maximum absolute atomic E-state index is 11.4. The zero-order valence-corrected chi connectivity index (χ0v) is 8.07. The highest BCUT2D eigenvalue weighted by Gasteiger charge is 2.00. The van der Waals surface area contributed by atoms with Crippen LogP contribution in [0.3, 0.4) is 0 Å². The molecule has 0 spiro atoms. The van der Waals surface area contributed by atoms with Crippen LogP contribution in [0.25, 0.3) is 0 Å². The van der Waals surface area contributed by atoms with E-state index >= 15 is 0 Å². The quantitative estimate of drug-likeness (QED) is 0.771. The van der Waals surface area contributed by atoms with E-state index in [9.17, 15) is 4.79 Å². The minimum atomic E-state index is -0.196. The van der Waals surface area contributed by atoms with Gasteiger partial charge >= 0.3 is 0 Å². The predicted molar refractivity (Wildman–Crippen MR) is 54.1 cm³/mol. The molecule has 0 saturated heterocycles. The van der Waals surface area contributed by atoms with Crippen LogP contribution in [0.4, 0.5) is 5.69 Å². The van der Waals surface area contributed by atoms with Gasteiger partial charge in [-0.15, -0.1) is 11.3 Å². The molecule has 2 N–H and O–H groups in total. The van der Waals surface area contributed by atoms with Crippen LogP contribution in [-0.4, -0.2) is 14.8 Å². The van der Waals surface area contributed by atoms with Gasteiger partial charge in [0.1, 0.15) is 0 Å². The number of rotatable bonds is 2. The molecule has 5 nitrogen and oxygen atoms in total. The molecule has 0 aromatic carbocycles. The summed E-state index contributed by atoms with van der Waals surface area (Å²) in [5.41, 5.74) is 7.32. The Kier molecular flexibility index (Phi) is 2.28. The fourth-order valence-corrected chi connectivity index (χ4v) is 1.61. The van der Waals surface area contributed by atoms with Gasteiger partial charge in [-0.2, -0.15) is 5.10 Å². The molecule has 14 heavy (non-hydrogen) atoms. The van der Waals surface area contributed by atoms with Crippen molar-refractivity contribution in [3.63, 3.8) is 0 Å². The van der Waals surface area contributed by atoms with Crippen LogP contribution in [0, 0.1) is 0 Å². The second-order valence-electron chi connectivity index (χ2n) is 2.75. The van der Waals surface area contributed by atoms with Crippen LogP contribution in [0.1, 0.15) is 4.88 Å². The van der Waals surface area contributed by atoms with Gasteiger partial charge in [0.2, 0.25) is 0 Å². The maximum Gasteiger partial charge on any atom is 0.269 e. The number of hydrogen-bond acceptors (Lipinski definition) is 5. The van der Waals surface area contributed by atoms with Crippen LogP contribution in [0.15, 0.2) is 28.8 Å². The summed E-state index contributed by atoms with van der Waals surface area (Å²) < 4.78 is 1.35. The Labute approximate surface area is 83.8 Å². The summed E-state index contributed by atoms with van der Waals surface area (Å²) in [5.74, 6) is 0. The highest BCUT2D eigenvalue weighted by atomic mass is 32.1. The van der Waals surface area contributed by atoms with E-state index in [0.717, 1.165) is 4.88 Å². The largest absolute Gasteiger partial charge is 0.397 e. The fraction of sp³-hybridized carbons (Fsp3) is 0.125. The maximum atomic E-state index is 11.4. The molecular formula is C8H8N4OS. The normalized spacial score (nSPS) is 10.3. The zero-order valence-electron chi connectivity index (χ0n) is 7.25. The van der Waals surface area contributed by atoms with Crippen molar-refractivity contribution in [1.82, 2.24) is 14.8 Å². The first-order valence-corrected chi connectivity index (χ1v) is 4.83. The lowest BCUT2D eigenvalue weighted by atomic mass is 10.5. The van der Waals surface area contributed by atoms with Gasteiger partial charge in [-0.1, -0.05) is 0 Å². The van der Waals surface area contributed by atoms with Crippen LogP contribution < -0.4 is 11.3 Å². The van der Waals surface area contributed by atoms with Gasteiger partial charge in [0, 0.05) is 17.1 Å². The highest BCUT2D eigenvalue weighted by Crippen LogP contribution is 2.05. The third-order valence-corrected chi connectivity index (χ3v) is 2.44. The Balaban J connectivity index is 2.30. The molecule has 2 rings (SSSR count). The summed E-state index contributed by atoms with van der Waals surface area (Å²) >= 11 is 1.49. The van der Waals surface area contributed by atoms with Crippen molar-refractivity contribution in [3.8, 4) is 0 Å². The molecule has 0 aliphatic rings. The van der Waals surface area contributed by atoms with Crippen LogP contribution in [-0.2, 0) is 6.54 Å². The van der Waals surface area contributed by atoms with Crippen molar-refractivity contribution in [2.24, 2.45) is 0 Å². The summed E-state index contributed by atoms with van der Waals surface area (Å²) in [5, 5.41) is 3.91. The third kappa shape index (κ3) is 1.80. The van der Waals surface area contributed by atoms with Gasteiger partial charge in [-0.05, 0) is 0 Å². The Morgan fingerprint density at radius 2 is 2.36 bits per heavy atom. The summed E-state index contributed by atoms with van der Waals surface area (Å²) in [6.07, 6.45) is 3.18. The Bertz CT molecular complexity index is 476.